The van der Waals surface area contributed by atoms with Crippen molar-refractivity contribution in [3.05, 3.63) is 53.7 Å². The van der Waals surface area contributed by atoms with Crippen LogP contribution in [0.1, 0.15) is 18.7 Å². The SMILES string of the molecule is C[C@@H](Oc1ccc(F)cc1F)c1cccc(N)n1. The van der Waals surface area contributed by atoms with E-state index >= 15 is 0 Å². The third-order valence-corrected chi connectivity index (χ3v) is 2.41. The molecule has 0 saturated heterocycles. The van der Waals surface area contributed by atoms with Gasteiger partial charge in [-0.1, -0.05) is 6.07 Å². The van der Waals surface area contributed by atoms with Crippen molar-refractivity contribution in [2.45, 2.75) is 13.0 Å². The standard InChI is InChI=1S/C13H12F2N2O/c1-8(11-3-2-4-13(16)17-11)18-12-6-5-9(14)7-10(12)15/h2-8H,1H3,(H2,16,17)/t8-/m1/s1. The van der Waals surface area contributed by atoms with Crippen LogP contribution in [-0.2, 0) is 0 Å². The van der Waals surface area contributed by atoms with Gasteiger partial charge in [-0.25, -0.2) is 13.8 Å². The van der Waals surface area contributed by atoms with Gasteiger partial charge in [-0.3, -0.25) is 0 Å². The molecule has 0 amide bonds. The Morgan fingerprint density at radius 1 is 1.22 bits per heavy atom. The summed E-state index contributed by atoms with van der Waals surface area (Å²) in [7, 11) is 0. The van der Waals surface area contributed by atoms with Crippen molar-refractivity contribution in [3.8, 4) is 5.75 Å². The van der Waals surface area contributed by atoms with E-state index in [1.54, 1.807) is 25.1 Å². The Kier molecular flexibility index (Phi) is 3.41. The first-order chi connectivity index (χ1) is 8.56. The Morgan fingerprint density at radius 2 is 2.00 bits per heavy atom. The maximum atomic E-state index is 13.4. The number of aromatic nitrogens is 1. The van der Waals surface area contributed by atoms with E-state index < -0.39 is 17.7 Å². The van der Waals surface area contributed by atoms with Gasteiger partial charge in [-0.15, -0.1) is 0 Å². The summed E-state index contributed by atoms with van der Waals surface area (Å²) < 4.78 is 31.5. The molecule has 0 aliphatic heterocycles. The molecule has 3 nitrogen and oxygen atoms in total. The van der Waals surface area contributed by atoms with Crippen LogP contribution in [0.25, 0.3) is 0 Å². The maximum Gasteiger partial charge on any atom is 0.168 e. The second-order valence-electron chi connectivity index (χ2n) is 3.82. The van der Waals surface area contributed by atoms with Gasteiger partial charge in [0.1, 0.15) is 17.7 Å². The van der Waals surface area contributed by atoms with E-state index in [1.807, 2.05) is 0 Å². The van der Waals surface area contributed by atoms with Gasteiger partial charge < -0.3 is 10.5 Å². The lowest BCUT2D eigenvalue weighted by atomic mass is 10.2. The number of ether oxygens (including phenoxy) is 1. The molecule has 0 aliphatic rings. The molecule has 2 aromatic rings. The molecule has 1 atom stereocenters. The summed E-state index contributed by atoms with van der Waals surface area (Å²) in [6, 6.07) is 8.26. The van der Waals surface area contributed by atoms with Crippen LogP contribution in [-0.4, -0.2) is 4.98 Å². The highest BCUT2D eigenvalue weighted by atomic mass is 19.1. The van der Waals surface area contributed by atoms with Crippen molar-refractivity contribution < 1.29 is 13.5 Å². The van der Waals surface area contributed by atoms with Crippen LogP contribution in [0.2, 0.25) is 0 Å². The van der Waals surface area contributed by atoms with E-state index in [4.69, 9.17) is 10.5 Å². The monoisotopic (exact) mass is 250 g/mol. The molecule has 5 heteroatoms. The zero-order chi connectivity index (χ0) is 13.1. The Labute approximate surface area is 103 Å². The number of rotatable bonds is 3. The smallest absolute Gasteiger partial charge is 0.168 e. The van der Waals surface area contributed by atoms with Crippen LogP contribution in [0.15, 0.2) is 36.4 Å². The number of nitrogen functional groups attached to an aromatic ring is 1. The number of nitrogens with zero attached hydrogens (tertiary/aromatic N) is 1. The second-order valence-corrected chi connectivity index (χ2v) is 3.82. The average molecular weight is 250 g/mol. The van der Waals surface area contributed by atoms with Crippen LogP contribution in [0, 0.1) is 11.6 Å². The van der Waals surface area contributed by atoms with Crippen LogP contribution in [0.4, 0.5) is 14.6 Å². The van der Waals surface area contributed by atoms with E-state index in [0.717, 1.165) is 12.1 Å². The molecule has 1 heterocycles. The molecular formula is C13H12F2N2O. The molecular weight excluding hydrogens is 238 g/mol. The zero-order valence-corrected chi connectivity index (χ0v) is 9.73. The van der Waals surface area contributed by atoms with Crippen LogP contribution < -0.4 is 10.5 Å². The quantitative estimate of drug-likeness (QED) is 0.910. The average Bonchev–Trinajstić information content (AvgIpc) is 2.32. The number of halogens is 2. The molecule has 0 radical (unpaired) electrons. The van der Waals surface area contributed by atoms with E-state index in [1.165, 1.54) is 6.07 Å². The number of anilines is 1. The molecule has 18 heavy (non-hydrogen) atoms. The van der Waals surface area contributed by atoms with Crippen molar-refractivity contribution in [1.82, 2.24) is 4.98 Å². The molecule has 0 saturated carbocycles. The summed E-state index contributed by atoms with van der Waals surface area (Å²) in [5.41, 5.74) is 6.13. The molecule has 2 N–H and O–H groups in total. The second kappa shape index (κ2) is 5.00. The molecule has 2 rings (SSSR count). The summed E-state index contributed by atoms with van der Waals surface area (Å²) in [4.78, 5) is 4.07. The number of hydrogen-bond donors (Lipinski definition) is 1. The van der Waals surface area contributed by atoms with E-state index in [0.29, 0.717) is 11.5 Å². The molecule has 0 fully saturated rings. The highest BCUT2D eigenvalue weighted by molar-refractivity contribution is 5.30. The first kappa shape index (κ1) is 12.3. The summed E-state index contributed by atoms with van der Waals surface area (Å²) >= 11 is 0. The topological polar surface area (TPSA) is 48.1 Å². The van der Waals surface area contributed by atoms with Gasteiger partial charge in [0.15, 0.2) is 11.6 Å². The Balaban J connectivity index is 2.18. The first-order valence-electron chi connectivity index (χ1n) is 5.40. The molecule has 0 bridgehead atoms. The lowest BCUT2D eigenvalue weighted by molar-refractivity contribution is 0.211. The number of hydrogen-bond acceptors (Lipinski definition) is 3. The van der Waals surface area contributed by atoms with E-state index in [-0.39, 0.29) is 5.75 Å². The van der Waals surface area contributed by atoms with E-state index in [9.17, 15) is 8.78 Å². The Bertz CT molecular complexity index is 560. The lowest BCUT2D eigenvalue weighted by Gasteiger charge is -2.15. The van der Waals surface area contributed by atoms with Crippen LogP contribution >= 0.6 is 0 Å². The fourth-order valence-electron chi connectivity index (χ4n) is 1.52. The van der Waals surface area contributed by atoms with Crippen molar-refractivity contribution in [2.24, 2.45) is 0 Å². The number of benzene rings is 1. The molecule has 0 unspecified atom stereocenters. The summed E-state index contributed by atoms with van der Waals surface area (Å²) in [5, 5.41) is 0. The predicted octanol–water partition coefficient (Wildman–Crippen LogP) is 3.08. The van der Waals surface area contributed by atoms with Crippen molar-refractivity contribution in [1.29, 1.82) is 0 Å². The van der Waals surface area contributed by atoms with Gasteiger partial charge in [-0.2, -0.15) is 0 Å². The molecule has 1 aromatic carbocycles. The zero-order valence-electron chi connectivity index (χ0n) is 9.73. The predicted molar refractivity (Wildman–Crippen MR) is 64.1 cm³/mol. The van der Waals surface area contributed by atoms with Crippen molar-refractivity contribution >= 4 is 5.82 Å². The minimum atomic E-state index is -0.745. The molecule has 0 aliphatic carbocycles. The van der Waals surface area contributed by atoms with Gasteiger partial charge in [0.05, 0.1) is 5.69 Å². The summed E-state index contributed by atoms with van der Waals surface area (Å²) in [6.45, 7) is 1.71. The fraction of sp³-hybridized carbons (Fsp3) is 0.154. The van der Waals surface area contributed by atoms with Crippen LogP contribution in [0.5, 0.6) is 5.75 Å². The normalized spacial score (nSPS) is 12.2. The molecule has 1 aromatic heterocycles. The minimum Gasteiger partial charge on any atom is -0.481 e. The lowest BCUT2D eigenvalue weighted by Crippen LogP contribution is -2.07. The fourth-order valence-corrected chi connectivity index (χ4v) is 1.52. The minimum absolute atomic E-state index is 0.0203. The third kappa shape index (κ3) is 2.74. The van der Waals surface area contributed by atoms with Gasteiger partial charge in [0, 0.05) is 6.07 Å². The maximum absolute atomic E-state index is 13.4. The first-order valence-corrected chi connectivity index (χ1v) is 5.40. The van der Waals surface area contributed by atoms with Crippen molar-refractivity contribution in [3.63, 3.8) is 0 Å². The summed E-state index contributed by atoms with van der Waals surface area (Å²) in [6.07, 6.45) is -0.478. The molecule has 94 valence electrons. The van der Waals surface area contributed by atoms with Gasteiger partial charge in [0.2, 0.25) is 0 Å². The van der Waals surface area contributed by atoms with E-state index in [2.05, 4.69) is 4.98 Å². The largest absolute Gasteiger partial charge is 0.481 e. The Hall–Kier alpha value is -2.17. The van der Waals surface area contributed by atoms with Gasteiger partial charge in [0.25, 0.3) is 0 Å². The van der Waals surface area contributed by atoms with Crippen molar-refractivity contribution in [2.75, 3.05) is 5.73 Å². The summed E-state index contributed by atoms with van der Waals surface area (Å²) in [5.74, 6) is -1.05. The van der Waals surface area contributed by atoms with Gasteiger partial charge in [-0.05, 0) is 31.2 Å². The third-order valence-electron chi connectivity index (χ3n) is 2.41. The Morgan fingerprint density at radius 3 is 2.67 bits per heavy atom. The molecule has 0 spiro atoms. The number of pyridine rings is 1. The van der Waals surface area contributed by atoms with Crippen LogP contribution in [0.3, 0.4) is 0 Å². The highest BCUT2D eigenvalue weighted by Gasteiger charge is 2.12. The van der Waals surface area contributed by atoms with Gasteiger partial charge >= 0.3 is 0 Å². The highest BCUT2D eigenvalue weighted by Crippen LogP contribution is 2.24. The number of nitrogens with two attached hydrogens (primary N) is 1.